The topological polar surface area (TPSA) is 20.3 Å². The molecule has 0 spiro atoms. The number of nitrogens with zero attached hydrogens (tertiary/aromatic N) is 1. The molecule has 2 fully saturated rings. The van der Waals surface area contributed by atoms with Crippen LogP contribution in [-0.2, 0) is 4.79 Å². The first-order chi connectivity index (χ1) is 9.63. The molecule has 116 valence electrons. The van der Waals surface area contributed by atoms with E-state index in [0.29, 0.717) is 11.7 Å². The molecule has 2 nitrogen and oxygen atoms in total. The molecule has 0 aromatic carbocycles. The van der Waals surface area contributed by atoms with E-state index in [1.54, 1.807) is 0 Å². The van der Waals surface area contributed by atoms with Crippen LogP contribution < -0.4 is 0 Å². The number of piperidine rings is 1. The van der Waals surface area contributed by atoms with Gasteiger partial charge in [0.15, 0.2) is 0 Å². The van der Waals surface area contributed by atoms with Crippen LogP contribution in [0.3, 0.4) is 0 Å². The first-order valence-electron chi connectivity index (χ1n) is 8.87. The second-order valence-corrected chi connectivity index (χ2v) is 7.50. The summed E-state index contributed by atoms with van der Waals surface area (Å²) >= 11 is 0. The van der Waals surface area contributed by atoms with Crippen LogP contribution in [0.25, 0.3) is 0 Å². The number of hydrogen-bond donors (Lipinski definition) is 0. The van der Waals surface area contributed by atoms with Crippen LogP contribution in [0.5, 0.6) is 0 Å². The van der Waals surface area contributed by atoms with Crippen LogP contribution >= 0.6 is 0 Å². The van der Waals surface area contributed by atoms with Crippen LogP contribution in [0.4, 0.5) is 0 Å². The van der Waals surface area contributed by atoms with E-state index in [9.17, 15) is 4.79 Å². The molecule has 0 aromatic heterocycles. The SMILES string of the molecule is CC1CCC(CC(=O)CCCN2CCC(C)CC2)CC1. The second-order valence-electron chi connectivity index (χ2n) is 7.50. The Morgan fingerprint density at radius 3 is 2.20 bits per heavy atom. The Morgan fingerprint density at radius 2 is 1.55 bits per heavy atom. The molecular formula is C18H33NO. The molecule has 1 heterocycles. The second kappa shape index (κ2) is 8.17. The largest absolute Gasteiger partial charge is 0.303 e. The van der Waals surface area contributed by atoms with Gasteiger partial charge in [-0.25, -0.2) is 0 Å². The zero-order chi connectivity index (χ0) is 14.4. The van der Waals surface area contributed by atoms with E-state index in [0.717, 1.165) is 37.6 Å². The van der Waals surface area contributed by atoms with Crippen molar-refractivity contribution in [1.29, 1.82) is 0 Å². The summed E-state index contributed by atoms with van der Waals surface area (Å²) in [7, 11) is 0. The molecule has 0 aromatic rings. The van der Waals surface area contributed by atoms with Gasteiger partial charge in [0.1, 0.15) is 5.78 Å². The Kier molecular flexibility index (Phi) is 6.54. The van der Waals surface area contributed by atoms with Crippen molar-refractivity contribution in [3.05, 3.63) is 0 Å². The normalized spacial score (nSPS) is 29.5. The number of carbonyl (C=O) groups is 1. The van der Waals surface area contributed by atoms with Gasteiger partial charge in [0.2, 0.25) is 0 Å². The van der Waals surface area contributed by atoms with Crippen molar-refractivity contribution in [2.24, 2.45) is 17.8 Å². The molecule has 1 saturated heterocycles. The summed E-state index contributed by atoms with van der Waals surface area (Å²) in [6.45, 7) is 8.33. The lowest BCUT2D eigenvalue weighted by atomic mass is 9.80. The standard InChI is InChI=1S/C18H33NO/c1-15-5-7-17(8-6-15)14-18(20)4-3-11-19-12-9-16(2)10-13-19/h15-17H,3-14H2,1-2H3. The average molecular weight is 279 g/mol. The zero-order valence-corrected chi connectivity index (χ0v) is 13.6. The maximum absolute atomic E-state index is 12.1. The molecule has 2 heteroatoms. The summed E-state index contributed by atoms with van der Waals surface area (Å²) in [6, 6.07) is 0. The van der Waals surface area contributed by atoms with Crippen molar-refractivity contribution in [1.82, 2.24) is 4.90 Å². The van der Waals surface area contributed by atoms with Crippen LogP contribution in [0.2, 0.25) is 0 Å². The number of Topliss-reactive ketones (excluding diaryl/α,β-unsaturated/α-hetero) is 1. The third kappa shape index (κ3) is 5.55. The van der Waals surface area contributed by atoms with Gasteiger partial charge in [0.25, 0.3) is 0 Å². The summed E-state index contributed by atoms with van der Waals surface area (Å²) in [5.41, 5.74) is 0. The number of rotatable bonds is 6. The van der Waals surface area contributed by atoms with Crippen LogP contribution in [0.15, 0.2) is 0 Å². The minimum Gasteiger partial charge on any atom is -0.303 e. The summed E-state index contributed by atoms with van der Waals surface area (Å²) in [6.07, 6.45) is 10.7. The van der Waals surface area contributed by atoms with Crippen LogP contribution in [-0.4, -0.2) is 30.3 Å². The van der Waals surface area contributed by atoms with Gasteiger partial charge in [0.05, 0.1) is 0 Å². The Labute approximate surface area is 125 Å². The van der Waals surface area contributed by atoms with Crippen molar-refractivity contribution in [2.75, 3.05) is 19.6 Å². The van der Waals surface area contributed by atoms with Gasteiger partial charge >= 0.3 is 0 Å². The van der Waals surface area contributed by atoms with Crippen molar-refractivity contribution in [2.45, 2.75) is 71.6 Å². The number of hydrogen-bond acceptors (Lipinski definition) is 2. The Morgan fingerprint density at radius 1 is 0.950 bits per heavy atom. The Bertz CT molecular complexity index is 286. The number of likely N-dealkylation sites (tertiary alicyclic amines) is 1. The van der Waals surface area contributed by atoms with Gasteiger partial charge in [-0.15, -0.1) is 0 Å². The van der Waals surface area contributed by atoms with Crippen molar-refractivity contribution in [3.63, 3.8) is 0 Å². The monoisotopic (exact) mass is 279 g/mol. The quantitative estimate of drug-likeness (QED) is 0.723. The summed E-state index contributed by atoms with van der Waals surface area (Å²) in [5, 5.41) is 0. The first kappa shape index (κ1) is 16.0. The van der Waals surface area contributed by atoms with Gasteiger partial charge in [-0.2, -0.15) is 0 Å². The predicted octanol–water partition coefficient (Wildman–Crippen LogP) is 4.28. The van der Waals surface area contributed by atoms with Crippen LogP contribution in [0, 0.1) is 17.8 Å². The maximum atomic E-state index is 12.1. The minimum atomic E-state index is 0.523. The molecule has 0 unspecified atom stereocenters. The number of carbonyl (C=O) groups excluding carboxylic acids is 1. The molecule has 0 amide bonds. The van der Waals surface area contributed by atoms with Gasteiger partial charge in [-0.1, -0.05) is 26.7 Å². The van der Waals surface area contributed by atoms with E-state index >= 15 is 0 Å². The van der Waals surface area contributed by atoms with E-state index in [1.807, 2.05) is 0 Å². The maximum Gasteiger partial charge on any atom is 0.133 e. The highest BCUT2D eigenvalue weighted by Gasteiger charge is 2.21. The molecule has 0 atom stereocenters. The first-order valence-corrected chi connectivity index (χ1v) is 8.87. The molecular weight excluding hydrogens is 246 g/mol. The highest BCUT2D eigenvalue weighted by molar-refractivity contribution is 5.78. The molecule has 2 rings (SSSR count). The molecule has 0 N–H and O–H groups in total. The van der Waals surface area contributed by atoms with Gasteiger partial charge in [-0.3, -0.25) is 4.79 Å². The van der Waals surface area contributed by atoms with Gasteiger partial charge < -0.3 is 4.90 Å². The molecule has 2 aliphatic rings. The highest BCUT2D eigenvalue weighted by Crippen LogP contribution is 2.30. The molecule has 1 aliphatic heterocycles. The van der Waals surface area contributed by atoms with Crippen molar-refractivity contribution < 1.29 is 4.79 Å². The third-order valence-corrected chi connectivity index (χ3v) is 5.46. The summed E-state index contributed by atoms with van der Waals surface area (Å²) < 4.78 is 0. The average Bonchev–Trinajstić information content (AvgIpc) is 2.44. The van der Waals surface area contributed by atoms with E-state index in [-0.39, 0.29) is 0 Å². The Balaban J connectivity index is 1.54. The molecule has 0 bridgehead atoms. The number of ketones is 1. The van der Waals surface area contributed by atoms with E-state index < -0.39 is 0 Å². The van der Waals surface area contributed by atoms with E-state index in [4.69, 9.17) is 0 Å². The molecule has 1 saturated carbocycles. The van der Waals surface area contributed by atoms with E-state index in [2.05, 4.69) is 18.7 Å². The molecule has 20 heavy (non-hydrogen) atoms. The predicted molar refractivity (Wildman–Crippen MR) is 84.8 cm³/mol. The molecule has 1 aliphatic carbocycles. The fourth-order valence-electron chi connectivity index (χ4n) is 3.74. The lowest BCUT2D eigenvalue weighted by Gasteiger charge is -2.30. The summed E-state index contributed by atoms with van der Waals surface area (Å²) in [4.78, 5) is 14.6. The molecule has 0 radical (unpaired) electrons. The minimum absolute atomic E-state index is 0.523. The van der Waals surface area contributed by atoms with E-state index in [1.165, 1.54) is 51.6 Å². The lowest BCUT2D eigenvalue weighted by molar-refractivity contribution is -0.120. The van der Waals surface area contributed by atoms with Crippen LogP contribution in [0.1, 0.15) is 71.6 Å². The van der Waals surface area contributed by atoms with Crippen molar-refractivity contribution >= 4 is 5.78 Å². The fraction of sp³-hybridized carbons (Fsp3) is 0.944. The fourth-order valence-corrected chi connectivity index (χ4v) is 3.74. The van der Waals surface area contributed by atoms with Gasteiger partial charge in [0, 0.05) is 12.8 Å². The zero-order valence-electron chi connectivity index (χ0n) is 13.6. The van der Waals surface area contributed by atoms with Crippen molar-refractivity contribution in [3.8, 4) is 0 Å². The summed E-state index contributed by atoms with van der Waals surface area (Å²) in [5.74, 6) is 3.02. The third-order valence-electron chi connectivity index (χ3n) is 5.46. The smallest absolute Gasteiger partial charge is 0.133 e. The highest BCUT2D eigenvalue weighted by atomic mass is 16.1. The lowest BCUT2D eigenvalue weighted by Crippen LogP contribution is -2.33. The Hall–Kier alpha value is -0.370. The van der Waals surface area contributed by atoms with Gasteiger partial charge in [-0.05, 0) is 69.5 Å².